The van der Waals surface area contributed by atoms with Crippen molar-refractivity contribution >= 4 is 0 Å². The monoisotopic (exact) mass is 166 g/mol. The van der Waals surface area contributed by atoms with Crippen molar-refractivity contribution < 1.29 is 37.4 Å². The summed E-state index contributed by atoms with van der Waals surface area (Å²) in [6.45, 7) is 0. The molecule has 0 aliphatic heterocycles. The van der Waals surface area contributed by atoms with Crippen LogP contribution in [0.3, 0.4) is 0 Å². The zero-order chi connectivity index (χ0) is 2.71. The van der Waals surface area contributed by atoms with Crippen molar-refractivity contribution in [2.75, 3.05) is 7.11 Å². The van der Waals surface area contributed by atoms with Crippen LogP contribution in [0.1, 0.15) is 14.9 Å². The molecule has 0 heterocycles. The van der Waals surface area contributed by atoms with E-state index < -0.39 is 0 Å². The molecule has 39 valence electrons. The maximum Gasteiger partial charge on any atom is 0 e. The van der Waals surface area contributed by atoms with Crippen LogP contribution in [-0.2, 0) is 37.4 Å². The molecule has 0 aromatic rings. The molecular weight excluding hydrogens is 153 g/mol. The molecule has 0 aliphatic rings. The van der Waals surface area contributed by atoms with Gasteiger partial charge >= 0.3 is 0 Å². The number of ether oxygens (including phenoxy) is 1. The molecule has 0 unspecified atom stereocenters. The van der Waals surface area contributed by atoms with Gasteiger partial charge in [0.1, 0.15) is 0 Å². The smallest absolute Gasteiger partial charge is 0 e. The van der Waals surface area contributed by atoms with Gasteiger partial charge in [-0.25, -0.2) is 7.11 Å². The predicted octanol–water partition coefficient (Wildman–Crippen LogP) is 1.69. The molecule has 0 aromatic carbocycles. The van der Waals surface area contributed by atoms with Crippen LogP contribution in [0.4, 0.5) is 0 Å². The van der Waals surface area contributed by atoms with E-state index in [2.05, 4.69) is 11.8 Å². The summed E-state index contributed by atoms with van der Waals surface area (Å²) >= 11 is 0. The second kappa shape index (κ2) is 36.5. The number of hydrogen-bond acceptors (Lipinski definition) is 1. The number of methoxy groups -OCH3 is 1. The first-order valence-corrected chi connectivity index (χ1v) is 0.697. The van der Waals surface area contributed by atoms with E-state index in [1.807, 2.05) is 0 Å². The molecule has 0 saturated carbocycles. The molecule has 1 radical (unpaired) electrons. The van der Waals surface area contributed by atoms with Gasteiger partial charge in [0.05, 0.1) is 0 Å². The number of hydrogen-bond donors (Lipinski definition) is 0. The van der Waals surface area contributed by atoms with Gasteiger partial charge in [0.15, 0.2) is 0 Å². The van der Waals surface area contributed by atoms with Gasteiger partial charge in [-0.2, -0.15) is 0 Å². The van der Waals surface area contributed by atoms with Crippen molar-refractivity contribution in [2.24, 2.45) is 0 Å². The number of rotatable bonds is 0. The normalized spacial score (nSPS) is 3.00. The third-order valence-corrected chi connectivity index (χ3v) is 0. The van der Waals surface area contributed by atoms with Crippen LogP contribution >= 0.6 is 0 Å². The molecule has 0 amide bonds. The fraction of sp³-hybridized carbons (Fsp3) is 0.750. The van der Waals surface area contributed by atoms with Gasteiger partial charge in [-0.05, 0) is 7.11 Å². The zero-order valence-corrected chi connectivity index (χ0v) is 5.53. The average Bonchev–Trinajstić information content (AvgIpc) is 0.918. The Kier molecular flexibility index (Phi) is 168. The Morgan fingerprint density at radius 1 is 1.33 bits per heavy atom. The molecule has 2 heteroatoms. The van der Waals surface area contributed by atoms with Gasteiger partial charge in [0.2, 0.25) is 0 Å². The maximum atomic E-state index is 4.00. The molecule has 1 nitrogen and oxygen atoms in total. The van der Waals surface area contributed by atoms with Crippen LogP contribution in [0.2, 0.25) is 0 Å². The minimum atomic E-state index is 0. The molecule has 0 rings (SSSR count). The second-order valence-corrected chi connectivity index (χ2v) is 0.289. The zero-order valence-electron chi connectivity index (χ0n) is 2.69. The Bertz CT molecular complexity index is 7.51. The van der Waals surface area contributed by atoms with E-state index in [1.54, 1.807) is 0 Å². The summed E-state index contributed by atoms with van der Waals surface area (Å²) in [5, 5.41) is 0. The van der Waals surface area contributed by atoms with E-state index in [-0.39, 0.29) is 47.6 Å². The largest absolute Gasteiger partial charge is 0.557 e. The van der Waals surface area contributed by atoms with Gasteiger partial charge < -0.3 is 4.74 Å². The summed E-state index contributed by atoms with van der Waals surface area (Å²) in [5.41, 5.74) is 0. The van der Waals surface area contributed by atoms with Gasteiger partial charge in [-0.15, -0.1) is 0 Å². The van der Waals surface area contributed by atoms with Crippen molar-refractivity contribution in [2.45, 2.75) is 14.9 Å². The summed E-state index contributed by atoms with van der Waals surface area (Å²) in [6, 6.07) is 0. The van der Waals surface area contributed by atoms with Crippen molar-refractivity contribution in [1.29, 1.82) is 0 Å². The summed E-state index contributed by atoms with van der Waals surface area (Å²) < 4.78 is 4.00. The minimum absolute atomic E-state index is 0. The molecule has 0 aromatic heterocycles. The summed E-state index contributed by atoms with van der Waals surface area (Å²) in [5.74, 6) is 0. The third-order valence-electron chi connectivity index (χ3n) is 0. The van der Waals surface area contributed by atoms with Crippen LogP contribution in [-0.4, -0.2) is 7.11 Å². The first-order chi connectivity index (χ1) is 1.41. The first-order valence-electron chi connectivity index (χ1n) is 0.697. The fourth-order valence-corrected chi connectivity index (χ4v) is 0. The van der Waals surface area contributed by atoms with E-state index in [0.29, 0.717) is 0 Å². The van der Waals surface area contributed by atoms with E-state index in [9.17, 15) is 0 Å². The Labute approximate surface area is 66.3 Å². The Balaban J connectivity index is -0.00000000667. The van der Waals surface area contributed by atoms with E-state index in [0.717, 1.165) is 0 Å². The van der Waals surface area contributed by atoms with Gasteiger partial charge in [0, 0.05) is 32.7 Å². The van der Waals surface area contributed by atoms with Crippen molar-refractivity contribution in [3.05, 3.63) is 7.11 Å². The van der Waals surface area contributed by atoms with E-state index >= 15 is 0 Å². The molecule has 0 atom stereocenters. The maximum absolute atomic E-state index is 4.00. The van der Waals surface area contributed by atoms with Crippen LogP contribution in [0, 0.1) is 7.11 Å². The average molecular weight is 166 g/mol. The summed E-state index contributed by atoms with van der Waals surface area (Å²) in [7, 11) is 4.50. The van der Waals surface area contributed by atoms with E-state index in [1.165, 1.54) is 7.11 Å². The molecule has 0 spiro atoms. The summed E-state index contributed by atoms with van der Waals surface area (Å²) in [4.78, 5) is 0. The molecule has 6 heavy (non-hydrogen) atoms. The Morgan fingerprint density at radius 3 is 1.33 bits per heavy atom. The van der Waals surface area contributed by atoms with Crippen molar-refractivity contribution in [1.82, 2.24) is 0 Å². The molecule has 0 fully saturated rings. The van der Waals surface area contributed by atoms with Crippen LogP contribution in [0.25, 0.3) is 0 Å². The van der Waals surface area contributed by atoms with Crippen molar-refractivity contribution in [3.63, 3.8) is 0 Å². The third kappa shape index (κ3) is 73.9. The Morgan fingerprint density at radius 2 is 1.33 bits per heavy atom. The molecule has 0 aliphatic carbocycles. The van der Waals surface area contributed by atoms with E-state index in [4.69, 9.17) is 0 Å². The minimum Gasteiger partial charge on any atom is -0.557 e. The topological polar surface area (TPSA) is 9.23 Å². The molecular formula is C4H13OY-. The van der Waals surface area contributed by atoms with Crippen LogP contribution in [0.5, 0.6) is 0 Å². The van der Waals surface area contributed by atoms with Gasteiger partial charge in [-0.1, -0.05) is 14.9 Å². The molecule has 0 N–H and O–H groups in total. The SMILES string of the molecule is C.C.[CH2-]OC.[Y]. The quantitative estimate of drug-likeness (QED) is 0.497. The van der Waals surface area contributed by atoms with Gasteiger partial charge in [-0.3, -0.25) is 0 Å². The standard InChI is InChI=1S/C2H5O.2CH4.Y/c1-3-2;;;/h1H2,2H3;2*1H4;/q-1;;;. The summed E-state index contributed by atoms with van der Waals surface area (Å²) in [6.07, 6.45) is 0. The molecule has 0 saturated heterocycles. The predicted molar refractivity (Wildman–Crippen MR) is 25.8 cm³/mol. The fourth-order valence-electron chi connectivity index (χ4n) is 0. The second-order valence-electron chi connectivity index (χ2n) is 0.289. The van der Waals surface area contributed by atoms with Crippen molar-refractivity contribution in [3.8, 4) is 0 Å². The van der Waals surface area contributed by atoms with Crippen LogP contribution < -0.4 is 0 Å². The van der Waals surface area contributed by atoms with Gasteiger partial charge in [0.25, 0.3) is 0 Å². The first kappa shape index (κ1) is 27.7. The van der Waals surface area contributed by atoms with Crippen LogP contribution in [0.15, 0.2) is 0 Å². The molecule has 0 bridgehead atoms. The Hall–Kier alpha value is 1.06.